The number of aromatic nitrogens is 1. The molecule has 5 nitrogen and oxygen atoms in total. The Labute approximate surface area is 161 Å². The third kappa shape index (κ3) is 4.32. The largest absolute Gasteiger partial charge is 0.448 e. The fraction of sp³-hybridized carbons (Fsp3) is 0.526. The lowest BCUT2D eigenvalue weighted by molar-refractivity contribution is -0.130. The lowest BCUT2D eigenvalue weighted by Gasteiger charge is -2.35. The minimum Gasteiger partial charge on any atom is -0.448 e. The zero-order valence-corrected chi connectivity index (χ0v) is 16.9. The fourth-order valence-corrected chi connectivity index (χ4v) is 4.84. The first-order chi connectivity index (χ1) is 12.5. The molecule has 1 saturated carbocycles. The van der Waals surface area contributed by atoms with Crippen molar-refractivity contribution in [3.8, 4) is 9.88 Å². The number of thiophene rings is 1. The monoisotopic (exact) mass is 392 g/mol. The van der Waals surface area contributed by atoms with Crippen LogP contribution in [-0.4, -0.2) is 29.0 Å². The van der Waals surface area contributed by atoms with Gasteiger partial charge < -0.3 is 10.1 Å². The number of amides is 1. The number of carbonyl (C=O) groups is 2. The van der Waals surface area contributed by atoms with Crippen LogP contribution in [0.1, 0.15) is 50.5 Å². The average molecular weight is 393 g/mol. The van der Waals surface area contributed by atoms with E-state index in [2.05, 4.69) is 24.1 Å². The first-order valence-electron chi connectivity index (χ1n) is 8.96. The molecule has 1 aliphatic rings. The molecule has 3 rings (SSSR count). The molecule has 0 aromatic carbocycles. The molecule has 2 aromatic rings. The van der Waals surface area contributed by atoms with Crippen molar-refractivity contribution in [1.82, 2.24) is 10.3 Å². The van der Waals surface area contributed by atoms with Crippen LogP contribution in [0.2, 0.25) is 0 Å². The Hall–Kier alpha value is -1.73. The molecule has 26 heavy (non-hydrogen) atoms. The van der Waals surface area contributed by atoms with E-state index in [0.29, 0.717) is 11.8 Å². The second-order valence-electron chi connectivity index (χ2n) is 6.95. The molecule has 0 unspecified atom stereocenters. The van der Waals surface area contributed by atoms with Crippen molar-refractivity contribution in [1.29, 1.82) is 0 Å². The molecular weight excluding hydrogens is 368 g/mol. The fourth-order valence-electron chi connectivity index (χ4n) is 3.24. The van der Waals surface area contributed by atoms with E-state index in [0.717, 1.165) is 22.7 Å². The Morgan fingerprint density at radius 3 is 2.85 bits per heavy atom. The molecule has 4 atom stereocenters. The van der Waals surface area contributed by atoms with E-state index in [1.54, 1.807) is 23.6 Å². The molecule has 0 aliphatic heterocycles. The van der Waals surface area contributed by atoms with E-state index in [1.807, 2.05) is 17.5 Å². The van der Waals surface area contributed by atoms with Gasteiger partial charge in [-0.05, 0) is 36.6 Å². The van der Waals surface area contributed by atoms with Gasteiger partial charge in [0.05, 0.1) is 4.88 Å². The van der Waals surface area contributed by atoms with Gasteiger partial charge in [0, 0.05) is 11.4 Å². The van der Waals surface area contributed by atoms with Crippen LogP contribution >= 0.6 is 22.7 Å². The molecule has 1 aliphatic carbocycles. The van der Waals surface area contributed by atoms with E-state index in [1.165, 1.54) is 17.8 Å². The first-order valence-corrected chi connectivity index (χ1v) is 10.7. The van der Waals surface area contributed by atoms with Gasteiger partial charge in [-0.1, -0.05) is 32.8 Å². The van der Waals surface area contributed by atoms with E-state index >= 15 is 0 Å². The predicted octanol–water partition coefficient (Wildman–Crippen LogP) is 4.36. The van der Waals surface area contributed by atoms with Gasteiger partial charge in [0.25, 0.3) is 5.91 Å². The second kappa shape index (κ2) is 8.31. The number of hydrogen-bond acceptors (Lipinski definition) is 6. The number of nitrogens with zero attached hydrogens (tertiary/aromatic N) is 1. The SMILES string of the molecule is C[C@@H]1[C@H](C)CCC[C@H]1NC(=O)[C@@H](C)OC(=O)c1csc(-c2cccs2)n1. The molecule has 7 heteroatoms. The van der Waals surface area contributed by atoms with Crippen LogP contribution in [0.25, 0.3) is 9.88 Å². The summed E-state index contributed by atoms with van der Waals surface area (Å²) < 4.78 is 5.33. The van der Waals surface area contributed by atoms with E-state index in [4.69, 9.17) is 4.74 Å². The Morgan fingerprint density at radius 2 is 2.12 bits per heavy atom. The number of rotatable bonds is 5. The molecule has 2 heterocycles. The lowest BCUT2D eigenvalue weighted by atomic mass is 9.78. The minimum atomic E-state index is -0.834. The highest BCUT2D eigenvalue weighted by Crippen LogP contribution is 2.30. The predicted molar refractivity (Wildman–Crippen MR) is 104 cm³/mol. The number of esters is 1. The summed E-state index contributed by atoms with van der Waals surface area (Å²) in [5.74, 6) is 0.231. The second-order valence-corrected chi connectivity index (χ2v) is 8.75. The molecule has 0 saturated heterocycles. The van der Waals surface area contributed by atoms with E-state index in [9.17, 15) is 9.59 Å². The molecule has 1 fully saturated rings. The van der Waals surface area contributed by atoms with Gasteiger partial charge in [0.2, 0.25) is 0 Å². The van der Waals surface area contributed by atoms with E-state index < -0.39 is 12.1 Å². The van der Waals surface area contributed by atoms with E-state index in [-0.39, 0.29) is 17.6 Å². The van der Waals surface area contributed by atoms with Gasteiger partial charge in [-0.15, -0.1) is 22.7 Å². The third-order valence-corrected chi connectivity index (χ3v) is 7.01. The summed E-state index contributed by atoms with van der Waals surface area (Å²) in [6.07, 6.45) is 2.47. The molecule has 0 spiro atoms. The van der Waals surface area contributed by atoms with Crippen molar-refractivity contribution in [2.45, 2.75) is 52.2 Å². The minimum absolute atomic E-state index is 0.150. The summed E-state index contributed by atoms with van der Waals surface area (Å²) >= 11 is 2.97. The molecule has 2 aromatic heterocycles. The number of nitrogens with one attached hydrogen (secondary N) is 1. The summed E-state index contributed by atoms with van der Waals surface area (Å²) in [5.41, 5.74) is 0.248. The Morgan fingerprint density at radius 1 is 1.31 bits per heavy atom. The maximum Gasteiger partial charge on any atom is 0.358 e. The third-order valence-electron chi connectivity index (χ3n) is 5.13. The normalized spacial score (nSPS) is 24.0. The molecule has 1 amide bonds. The maximum atomic E-state index is 12.4. The van der Waals surface area contributed by atoms with Crippen LogP contribution in [0.4, 0.5) is 0 Å². The van der Waals surface area contributed by atoms with Gasteiger partial charge in [-0.2, -0.15) is 0 Å². The van der Waals surface area contributed by atoms with Crippen LogP contribution in [0.3, 0.4) is 0 Å². The molecule has 1 N–H and O–H groups in total. The average Bonchev–Trinajstić information content (AvgIpc) is 3.29. The highest BCUT2D eigenvalue weighted by molar-refractivity contribution is 7.20. The Kier molecular flexibility index (Phi) is 6.09. The zero-order valence-electron chi connectivity index (χ0n) is 15.2. The Balaban J connectivity index is 1.56. The van der Waals surface area contributed by atoms with Crippen LogP contribution in [-0.2, 0) is 9.53 Å². The number of ether oxygens (including phenoxy) is 1. The zero-order chi connectivity index (χ0) is 18.7. The summed E-state index contributed by atoms with van der Waals surface area (Å²) in [6.45, 7) is 6.00. The smallest absolute Gasteiger partial charge is 0.358 e. The van der Waals surface area contributed by atoms with Crippen LogP contribution < -0.4 is 5.32 Å². The van der Waals surface area contributed by atoms with Crippen molar-refractivity contribution < 1.29 is 14.3 Å². The topological polar surface area (TPSA) is 68.3 Å². The molecule has 140 valence electrons. The quantitative estimate of drug-likeness (QED) is 0.768. The number of hydrogen-bond donors (Lipinski definition) is 1. The molecule has 0 radical (unpaired) electrons. The highest BCUT2D eigenvalue weighted by Gasteiger charge is 2.30. The van der Waals surface area contributed by atoms with Gasteiger partial charge in [0.1, 0.15) is 5.01 Å². The van der Waals surface area contributed by atoms with Gasteiger partial charge in [0.15, 0.2) is 11.8 Å². The summed E-state index contributed by atoms with van der Waals surface area (Å²) in [7, 11) is 0. The van der Waals surface area contributed by atoms with Gasteiger partial charge in [-0.3, -0.25) is 4.79 Å². The summed E-state index contributed by atoms with van der Waals surface area (Å²) in [4.78, 5) is 30.1. The highest BCUT2D eigenvalue weighted by atomic mass is 32.1. The van der Waals surface area contributed by atoms with Crippen molar-refractivity contribution in [2.75, 3.05) is 0 Å². The van der Waals surface area contributed by atoms with Gasteiger partial charge in [-0.25, -0.2) is 9.78 Å². The van der Waals surface area contributed by atoms with Crippen molar-refractivity contribution in [3.63, 3.8) is 0 Å². The van der Waals surface area contributed by atoms with Crippen molar-refractivity contribution in [3.05, 3.63) is 28.6 Å². The molecule has 0 bridgehead atoms. The molecular formula is C19H24N2O3S2. The summed E-state index contributed by atoms with van der Waals surface area (Å²) in [5, 5.41) is 7.48. The summed E-state index contributed by atoms with van der Waals surface area (Å²) in [6, 6.07) is 4.05. The maximum absolute atomic E-state index is 12.4. The van der Waals surface area contributed by atoms with Crippen molar-refractivity contribution in [2.24, 2.45) is 11.8 Å². The van der Waals surface area contributed by atoms with Crippen LogP contribution in [0.15, 0.2) is 22.9 Å². The first kappa shape index (κ1) is 19.0. The van der Waals surface area contributed by atoms with Crippen LogP contribution in [0.5, 0.6) is 0 Å². The number of carbonyl (C=O) groups excluding carboxylic acids is 2. The lowest BCUT2D eigenvalue weighted by Crippen LogP contribution is -2.47. The van der Waals surface area contributed by atoms with Gasteiger partial charge >= 0.3 is 5.97 Å². The van der Waals surface area contributed by atoms with Crippen molar-refractivity contribution >= 4 is 34.6 Å². The Bertz CT molecular complexity index is 757. The number of thiazole rings is 1. The van der Waals surface area contributed by atoms with Crippen LogP contribution in [0, 0.1) is 11.8 Å². The standard InChI is InChI=1S/C19H24N2O3S2/c1-11-6-4-7-14(12(11)2)20-17(22)13(3)24-19(23)15-10-26-18(21-15)16-8-5-9-25-16/h5,8-14H,4,6-7H2,1-3H3,(H,20,22)/t11-,12-,13-,14-/m1/s1.